The van der Waals surface area contributed by atoms with Crippen LogP contribution in [0.2, 0.25) is 0 Å². The highest BCUT2D eigenvalue weighted by Gasteiger charge is 2.25. The Labute approximate surface area is 208 Å². The quantitative estimate of drug-likeness (QED) is 0.292. The highest BCUT2D eigenvalue weighted by molar-refractivity contribution is 8.00. The van der Waals surface area contributed by atoms with Gasteiger partial charge in [0.25, 0.3) is 5.56 Å². The molecule has 0 radical (unpaired) electrons. The molecule has 1 saturated heterocycles. The second-order valence-electron chi connectivity index (χ2n) is 10.2. The molecule has 0 aromatic carbocycles. The van der Waals surface area contributed by atoms with Gasteiger partial charge in [-0.1, -0.05) is 32.5 Å². The van der Waals surface area contributed by atoms with Crippen LogP contribution in [0.5, 0.6) is 0 Å². The number of ether oxygens (including phenoxy) is 1. The Hall–Kier alpha value is -2.72. The molecule has 35 heavy (non-hydrogen) atoms. The predicted octanol–water partition coefficient (Wildman–Crippen LogP) is 2.90. The van der Waals surface area contributed by atoms with E-state index in [1.54, 1.807) is 7.05 Å². The molecule has 0 amide bonds. The van der Waals surface area contributed by atoms with Crippen molar-refractivity contribution in [1.82, 2.24) is 23.7 Å². The van der Waals surface area contributed by atoms with Crippen molar-refractivity contribution in [3.8, 4) is 0 Å². The first-order valence-corrected chi connectivity index (χ1v) is 12.8. The summed E-state index contributed by atoms with van der Waals surface area (Å²) < 4.78 is 10.3. The minimum absolute atomic E-state index is 0.0348. The number of thioether (sulfide) groups is 1. The number of aromatic nitrogens is 5. The molecule has 1 atom stereocenters. The summed E-state index contributed by atoms with van der Waals surface area (Å²) >= 11 is 1.21. The van der Waals surface area contributed by atoms with Gasteiger partial charge in [0, 0.05) is 49.6 Å². The van der Waals surface area contributed by atoms with E-state index in [2.05, 4.69) is 14.5 Å². The van der Waals surface area contributed by atoms with Gasteiger partial charge in [-0.2, -0.15) is 0 Å². The van der Waals surface area contributed by atoms with Gasteiger partial charge in [0.2, 0.25) is 0 Å². The van der Waals surface area contributed by atoms with Gasteiger partial charge < -0.3 is 9.30 Å². The minimum Gasteiger partial charge on any atom is -0.376 e. The van der Waals surface area contributed by atoms with Gasteiger partial charge in [-0.25, -0.2) is 14.8 Å². The van der Waals surface area contributed by atoms with E-state index in [1.807, 2.05) is 40.7 Å². The topological polar surface area (TPSA) is 101 Å². The number of Topliss-reactive ketones (excluding diaryl/α,β-unsaturated/α-hetero) is 1. The standard InChI is InChI=1S/C25H33N5O4S/c1-14-11-17(15(2)30(14)12-16-9-8-10-34-16)18(31)13-35-21-19-20(26-23(27-21)25(3,4)5)28(6)24(33)29(7)22(19)32/h11,16H,8-10,12-13H2,1-7H3. The van der Waals surface area contributed by atoms with Crippen LogP contribution < -0.4 is 11.2 Å². The van der Waals surface area contributed by atoms with E-state index in [4.69, 9.17) is 4.74 Å². The third kappa shape index (κ3) is 4.73. The summed E-state index contributed by atoms with van der Waals surface area (Å²) in [5.74, 6) is 0.594. The lowest BCUT2D eigenvalue weighted by atomic mass is 9.96. The molecular formula is C25H33N5O4S. The summed E-state index contributed by atoms with van der Waals surface area (Å²) in [5, 5.41) is 0.668. The smallest absolute Gasteiger partial charge is 0.332 e. The molecular weight excluding hydrogens is 466 g/mol. The van der Waals surface area contributed by atoms with Gasteiger partial charge >= 0.3 is 5.69 Å². The van der Waals surface area contributed by atoms with Crippen LogP contribution in [0.1, 0.15) is 61.2 Å². The maximum absolute atomic E-state index is 13.3. The van der Waals surface area contributed by atoms with Crippen molar-refractivity contribution >= 4 is 28.6 Å². The number of fused-ring (bicyclic) bond motifs is 1. The number of aryl methyl sites for hydroxylation is 2. The first-order valence-electron chi connectivity index (χ1n) is 11.8. The molecule has 1 aliphatic rings. The van der Waals surface area contributed by atoms with Gasteiger partial charge in [-0.3, -0.25) is 18.7 Å². The van der Waals surface area contributed by atoms with Crippen molar-refractivity contribution < 1.29 is 9.53 Å². The fourth-order valence-corrected chi connectivity index (χ4v) is 5.33. The lowest BCUT2D eigenvalue weighted by molar-refractivity contribution is 0.0957. The third-order valence-corrected chi connectivity index (χ3v) is 7.54. The zero-order valence-electron chi connectivity index (χ0n) is 21.5. The van der Waals surface area contributed by atoms with Gasteiger partial charge in [0.05, 0.1) is 11.9 Å². The highest BCUT2D eigenvalue weighted by atomic mass is 32.2. The second-order valence-corrected chi connectivity index (χ2v) is 11.2. The van der Waals surface area contributed by atoms with Crippen molar-refractivity contribution in [1.29, 1.82) is 0 Å². The van der Waals surface area contributed by atoms with E-state index in [0.29, 0.717) is 16.4 Å². The van der Waals surface area contributed by atoms with Crippen LogP contribution in [0.3, 0.4) is 0 Å². The molecule has 0 spiro atoms. The van der Waals surface area contributed by atoms with Crippen LogP contribution in [0, 0.1) is 13.8 Å². The number of ketones is 1. The molecule has 0 aliphatic carbocycles. The summed E-state index contributed by atoms with van der Waals surface area (Å²) in [6.45, 7) is 11.4. The Morgan fingerprint density at radius 2 is 1.89 bits per heavy atom. The van der Waals surface area contributed by atoms with E-state index in [0.717, 1.165) is 41.9 Å². The fourth-order valence-electron chi connectivity index (χ4n) is 4.44. The highest BCUT2D eigenvalue weighted by Crippen LogP contribution is 2.28. The largest absolute Gasteiger partial charge is 0.376 e. The molecule has 1 aliphatic heterocycles. The lowest BCUT2D eigenvalue weighted by Crippen LogP contribution is -2.38. The van der Waals surface area contributed by atoms with Gasteiger partial charge in [0.15, 0.2) is 11.4 Å². The molecule has 10 heteroatoms. The lowest BCUT2D eigenvalue weighted by Gasteiger charge is -2.19. The average Bonchev–Trinajstić information content (AvgIpc) is 3.42. The normalized spacial score (nSPS) is 16.4. The molecule has 3 aromatic rings. The molecule has 1 fully saturated rings. The number of hydrogen-bond donors (Lipinski definition) is 0. The Kier molecular flexibility index (Phi) is 6.80. The van der Waals surface area contributed by atoms with Crippen molar-refractivity contribution in [2.75, 3.05) is 12.4 Å². The Balaban J connectivity index is 1.69. The van der Waals surface area contributed by atoms with E-state index in [-0.39, 0.29) is 28.7 Å². The SMILES string of the molecule is Cc1cc(C(=O)CSc2nc(C(C)(C)C)nc3c2c(=O)n(C)c(=O)n3C)c(C)n1CC1CCCO1. The monoisotopic (exact) mass is 499 g/mol. The summed E-state index contributed by atoms with van der Waals surface area (Å²) in [7, 11) is 3.02. The van der Waals surface area contributed by atoms with Crippen LogP contribution in [0.15, 0.2) is 20.7 Å². The van der Waals surface area contributed by atoms with Gasteiger partial charge in [-0.05, 0) is 32.8 Å². The summed E-state index contributed by atoms with van der Waals surface area (Å²) in [5.41, 5.74) is 1.57. The number of nitrogens with zero attached hydrogens (tertiary/aromatic N) is 5. The molecule has 4 heterocycles. The Morgan fingerprint density at radius 1 is 1.17 bits per heavy atom. The number of hydrogen-bond acceptors (Lipinski definition) is 7. The first-order chi connectivity index (χ1) is 16.4. The van der Waals surface area contributed by atoms with Crippen LogP contribution >= 0.6 is 11.8 Å². The molecule has 0 saturated carbocycles. The van der Waals surface area contributed by atoms with Crippen molar-refractivity contribution in [2.45, 2.75) is 70.6 Å². The number of carbonyl (C=O) groups excluding carboxylic acids is 1. The van der Waals surface area contributed by atoms with Gasteiger partial charge in [0.1, 0.15) is 16.2 Å². The molecule has 0 bridgehead atoms. The molecule has 0 N–H and O–H groups in total. The molecule has 3 aromatic heterocycles. The minimum atomic E-state index is -0.465. The predicted molar refractivity (Wildman–Crippen MR) is 137 cm³/mol. The first kappa shape index (κ1) is 25.4. The number of carbonyl (C=O) groups is 1. The van der Waals surface area contributed by atoms with Crippen LogP contribution in [0.4, 0.5) is 0 Å². The van der Waals surface area contributed by atoms with E-state index in [1.165, 1.54) is 23.4 Å². The van der Waals surface area contributed by atoms with Gasteiger partial charge in [-0.15, -0.1) is 0 Å². The molecule has 4 rings (SSSR count). The third-order valence-electron chi connectivity index (χ3n) is 6.56. The van der Waals surface area contributed by atoms with Crippen molar-refractivity contribution in [3.63, 3.8) is 0 Å². The summed E-state index contributed by atoms with van der Waals surface area (Å²) in [6, 6.07) is 1.93. The molecule has 188 valence electrons. The van der Waals surface area contributed by atoms with E-state index in [9.17, 15) is 14.4 Å². The Morgan fingerprint density at radius 3 is 2.51 bits per heavy atom. The zero-order valence-corrected chi connectivity index (χ0v) is 22.3. The van der Waals surface area contributed by atoms with Crippen LogP contribution in [0.25, 0.3) is 11.0 Å². The summed E-state index contributed by atoms with van der Waals surface area (Å²) in [4.78, 5) is 48.1. The molecule has 9 nitrogen and oxygen atoms in total. The van der Waals surface area contributed by atoms with Crippen molar-refractivity contribution in [2.24, 2.45) is 14.1 Å². The van der Waals surface area contributed by atoms with Crippen LogP contribution in [-0.4, -0.2) is 47.9 Å². The average molecular weight is 500 g/mol. The van der Waals surface area contributed by atoms with E-state index >= 15 is 0 Å². The zero-order chi connectivity index (χ0) is 25.7. The van der Waals surface area contributed by atoms with E-state index < -0.39 is 16.7 Å². The Bertz CT molecular complexity index is 1420. The number of rotatable bonds is 6. The second kappa shape index (κ2) is 9.39. The fraction of sp³-hybridized carbons (Fsp3) is 0.560. The summed E-state index contributed by atoms with van der Waals surface area (Å²) in [6.07, 6.45) is 2.29. The maximum Gasteiger partial charge on any atom is 0.332 e. The van der Waals surface area contributed by atoms with Crippen LogP contribution in [-0.2, 0) is 30.8 Å². The van der Waals surface area contributed by atoms with Crippen molar-refractivity contribution in [3.05, 3.63) is 49.7 Å². The molecule has 1 unspecified atom stereocenters. The maximum atomic E-state index is 13.3.